The Morgan fingerprint density at radius 1 is 0.967 bits per heavy atom. The van der Waals surface area contributed by atoms with Gasteiger partial charge in [-0.05, 0) is 35.9 Å². The summed E-state index contributed by atoms with van der Waals surface area (Å²) in [5.41, 5.74) is 0.370. The van der Waals surface area contributed by atoms with E-state index in [1.165, 1.54) is 12.1 Å². The maximum Gasteiger partial charge on any atom is 0.416 e. The van der Waals surface area contributed by atoms with Gasteiger partial charge in [0.05, 0.1) is 16.8 Å². The number of hydrogen-bond donors (Lipinski definition) is 0. The zero-order valence-electron chi connectivity index (χ0n) is 15.4. The van der Waals surface area contributed by atoms with Gasteiger partial charge in [-0.1, -0.05) is 12.1 Å². The van der Waals surface area contributed by atoms with E-state index < -0.39 is 29.5 Å². The first kappa shape index (κ1) is 18.5. The van der Waals surface area contributed by atoms with Crippen molar-refractivity contribution in [3.05, 3.63) is 64.9 Å². The first-order valence-electron chi connectivity index (χ1n) is 9.13. The average Bonchev–Trinajstić information content (AvgIpc) is 3.33. The van der Waals surface area contributed by atoms with Crippen molar-refractivity contribution in [2.75, 3.05) is 18.3 Å². The first-order valence-corrected chi connectivity index (χ1v) is 9.13. The lowest BCUT2D eigenvalue weighted by molar-refractivity contribution is -0.138. The van der Waals surface area contributed by atoms with Crippen molar-refractivity contribution in [1.29, 1.82) is 0 Å². The number of benzene rings is 2. The van der Waals surface area contributed by atoms with E-state index in [0.717, 1.165) is 17.0 Å². The number of rotatable bonds is 2. The van der Waals surface area contributed by atoms with Crippen molar-refractivity contribution in [3.8, 4) is 11.5 Å². The molecular weight excluding hydrogens is 403 g/mol. The molecule has 2 aromatic rings. The van der Waals surface area contributed by atoms with Gasteiger partial charge in [-0.15, -0.1) is 0 Å². The van der Waals surface area contributed by atoms with Crippen molar-refractivity contribution in [2.24, 2.45) is 0 Å². The predicted molar refractivity (Wildman–Crippen MR) is 96.8 cm³/mol. The number of ether oxygens (including phenoxy) is 3. The van der Waals surface area contributed by atoms with Crippen LogP contribution in [-0.2, 0) is 20.5 Å². The fraction of sp³-hybridized carbons (Fsp3) is 0.238. The predicted octanol–water partition coefficient (Wildman–Crippen LogP) is 3.77. The van der Waals surface area contributed by atoms with Crippen molar-refractivity contribution in [2.45, 2.75) is 18.5 Å². The van der Waals surface area contributed by atoms with Gasteiger partial charge in [0.25, 0.3) is 0 Å². The lowest BCUT2D eigenvalue weighted by Gasteiger charge is -2.32. The smallest absolute Gasteiger partial charge is 0.416 e. The van der Waals surface area contributed by atoms with Crippen LogP contribution in [0.15, 0.2) is 53.7 Å². The molecule has 0 fully saturated rings. The first-order chi connectivity index (χ1) is 14.3. The number of anilines is 1. The molecule has 0 saturated carbocycles. The summed E-state index contributed by atoms with van der Waals surface area (Å²) in [6, 6.07) is 9.60. The largest absolute Gasteiger partial charge is 0.456 e. The van der Waals surface area contributed by atoms with E-state index in [-0.39, 0.29) is 36.8 Å². The van der Waals surface area contributed by atoms with Crippen LogP contribution in [0.1, 0.15) is 23.5 Å². The average molecular weight is 417 g/mol. The van der Waals surface area contributed by atoms with Gasteiger partial charge in [-0.25, -0.2) is 4.79 Å². The molecule has 154 valence electrons. The number of amides is 1. The van der Waals surface area contributed by atoms with Crippen LogP contribution in [0.5, 0.6) is 11.5 Å². The molecule has 30 heavy (non-hydrogen) atoms. The summed E-state index contributed by atoms with van der Waals surface area (Å²) in [5.74, 6) is -0.520. The Balaban J connectivity index is 1.59. The van der Waals surface area contributed by atoms with Gasteiger partial charge >= 0.3 is 12.1 Å². The third kappa shape index (κ3) is 2.89. The Morgan fingerprint density at radius 2 is 1.77 bits per heavy atom. The molecule has 3 heterocycles. The third-order valence-electron chi connectivity index (χ3n) is 5.35. The molecule has 9 heteroatoms. The quantitative estimate of drug-likeness (QED) is 0.697. The lowest BCUT2D eigenvalue weighted by atomic mass is 9.84. The standard InChI is InChI=1S/C21H14F3NO5/c22-21(23,24)12-2-1-3-13(7-12)25-15-9-28-20(27)19(15)14(8-18(25)26)11-4-5-16-17(6-11)30-10-29-16/h1-7,14H,8-10H2/t14-/m0/s1. The van der Waals surface area contributed by atoms with Crippen LogP contribution in [0.4, 0.5) is 18.9 Å². The molecule has 0 aliphatic carbocycles. The summed E-state index contributed by atoms with van der Waals surface area (Å²) in [5, 5.41) is 0. The van der Waals surface area contributed by atoms with E-state index in [1.807, 2.05) is 0 Å². The fourth-order valence-electron chi connectivity index (χ4n) is 3.99. The Labute approximate surface area is 168 Å². The second-order valence-electron chi connectivity index (χ2n) is 7.08. The molecule has 0 aromatic heterocycles. The van der Waals surface area contributed by atoms with Crippen LogP contribution in [-0.4, -0.2) is 25.3 Å². The van der Waals surface area contributed by atoms with Crippen LogP contribution in [0.3, 0.4) is 0 Å². The lowest BCUT2D eigenvalue weighted by Crippen LogP contribution is -2.37. The van der Waals surface area contributed by atoms with Crippen molar-refractivity contribution in [1.82, 2.24) is 0 Å². The maximum absolute atomic E-state index is 13.1. The van der Waals surface area contributed by atoms with Gasteiger partial charge in [-0.3, -0.25) is 9.69 Å². The normalized spacial score (nSPS) is 20.5. The topological polar surface area (TPSA) is 65.1 Å². The summed E-state index contributed by atoms with van der Waals surface area (Å²) in [4.78, 5) is 26.6. The number of esters is 1. The molecule has 3 aliphatic rings. The molecule has 2 aromatic carbocycles. The summed E-state index contributed by atoms with van der Waals surface area (Å²) in [6.45, 7) is -0.0983. The molecule has 0 unspecified atom stereocenters. The molecule has 0 bridgehead atoms. The van der Waals surface area contributed by atoms with E-state index in [9.17, 15) is 22.8 Å². The second kappa shape index (κ2) is 6.51. The van der Waals surface area contributed by atoms with Gasteiger partial charge in [0.15, 0.2) is 11.5 Å². The molecule has 0 saturated heterocycles. The third-order valence-corrected chi connectivity index (χ3v) is 5.35. The van der Waals surface area contributed by atoms with Gasteiger partial charge < -0.3 is 14.2 Å². The van der Waals surface area contributed by atoms with Crippen LogP contribution < -0.4 is 14.4 Å². The van der Waals surface area contributed by atoms with E-state index in [0.29, 0.717) is 17.1 Å². The van der Waals surface area contributed by atoms with Gasteiger partial charge in [0.2, 0.25) is 12.7 Å². The number of hydrogen-bond acceptors (Lipinski definition) is 5. The van der Waals surface area contributed by atoms with Gasteiger partial charge in [0.1, 0.15) is 6.61 Å². The van der Waals surface area contributed by atoms with E-state index in [2.05, 4.69) is 0 Å². The minimum absolute atomic E-state index is 0.0461. The number of carbonyl (C=O) groups is 2. The second-order valence-corrected chi connectivity index (χ2v) is 7.08. The molecule has 1 atom stereocenters. The highest BCUT2D eigenvalue weighted by atomic mass is 19.4. The van der Waals surface area contributed by atoms with Crippen molar-refractivity contribution >= 4 is 17.6 Å². The van der Waals surface area contributed by atoms with Crippen molar-refractivity contribution < 1.29 is 37.0 Å². The number of cyclic esters (lactones) is 1. The highest BCUT2D eigenvalue weighted by Gasteiger charge is 2.43. The summed E-state index contributed by atoms with van der Waals surface area (Å²) in [7, 11) is 0. The zero-order chi connectivity index (χ0) is 21.0. The number of halogens is 3. The van der Waals surface area contributed by atoms with Crippen molar-refractivity contribution in [3.63, 3.8) is 0 Å². The molecular formula is C21H14F3NO5. The number of nitrogens with zero attached hydrogens (tertiary/aromatic N) is 1. The SMILES string of the molecule is O=C1OCC2=C1[C@H](c1ccc3c(c1)OCO3)CC(=O)N2c1cccc(C(F)(F)F)c1. The molecule has 3 aliphatic heterocycles. The van der Waals surface area contributed by atoms with Crippen LogP contribution in [0, 0.1) is 0 Å². The van der Waals surface area contributed by atoms with E-state index >= 15 is 0 Å². The monoisotopic (exact) mass is 417 g/mol. The van der Waals surface area contributed by atoms with E-state index in [1.54, 1.807) is 18.2 Å². The Kier molecular flexibility index (Phi) is 4.02. The zero-order valence-corrected chi connectivity index (χ0v) is 15.4. The van der Waals surface area contributed by atoms with E-state index in [4.69, 9.17) is 14.2 Å². The summed E-state index contributed by atoms with van der Waals surface area (Å²) >= 11 is 0. The van der Waals surface area contributed by atoms with Crippen LogP contribution in [0.25, 0.3) is 0 Å². The minimum Gasteiger partial charge on any atom is -0.456 e. The maximum atomic E-state index is 13.1. The Morgan fingerprint density at radius 3 is 2.57 bits per heavy atom. The molecule has 6 nitrogen and oxygen atoms in total. The van der Waals surface area contributed by atoms with Crippen LogP contribution >= 0.6 is 0 Å². The Bertz CT molecular complexity index is 1110. The summed E-state index contributed by atoms with van der Waals surface area (Å²) < 4.78 is 55.2. The number of carbonyl (C=O) groups excluding carboxylic acids is 2. The minimum atomic E-state index is -4.55. The molecule has 0 spiro atoms. The highest BCUT2D eigenvalue weighted by molar-refractivity contribution is 6.06. The van der Waals surface area contributed by atoms with Gasteiger partial charge in [-0.2, -0.15) is 13.2 Å². The Hall–Kier alpha value is -3.49. The molecule has 0 N–H and O–H groups in total. The fourth-order valence-corrected chi connectivity index (χ4v) is 3.99. The van der Waals surface area contributed by atoms with Gasteiger partial charge in [0, 0.05) is 18.0 Å². The number of alkyl halides is 3. The molecule has 0 radical (unpaired) electrons. The molecule has 1 amide bonds. The number of fused-ring (bicyclic) bond motifs is 1. The molecule has 5 rings (SSSR count). The summed E-state index contributed by atoms with van der Waals surface area (Å²) in [6.07, 6.45) is -4.65. The highest BCUT2D eigenvalue weighted by Crippen LogP contribution is 2.45. The van der Waals surface area contributed by atoms with Crippen LogP contribution in [0.2, 0.25) is 0 Å².